The maximum Gasteiger partial charge on any atom is 0.100 e. The van der Waals surface area contributed by atoms with Crippen LogP contribution in [-0.2, 0) is 9.47 Å². The molecule has 0 aromatic rings. The molecule has 0 radical (unpaired) electrons. The predicted molar refractivity (Wildman–Crippen MR) is 97.9 cm³/mol. The molecule has 4 fully saturated rings. The Balaban J connectivity index is 1.55. The lowest BCUT2D eigenvalue weighted by molar-refractivity contribution is 0.0589. The molecule has 2 saturated carbocycles. The summed E-state index contributed by atoms with van der Waals surface area (Å²) in [5.74, 6) is 3.04. The summed E-state index contributed by atoms with van der Waals surface area (Å²) in [6, 6.07) is 0. The van der Waals surface area contributed by atoms with Gasteiger partial charge in [0.2, 0.25) is 0 Å². The summed E-state index contributed by atoms with van der Waals surface area (Å²) in [7, 11) is 0. The van der Waals surface area contributed by atoms with E-state index in [1.807, 2.05) is 0 Å². The molecule has 2 aliphatic carbocycles. The average Bonchev–Trinajstić information content (AvgIpc) is 3.27. The van der Waals surface area contributed by atoms with E-state index >= 15 is 0 Å². The van der Waals surface area contributed by atoms with Crippen molar-refractivity contribution in [2.45, 2.75) is 104 Å². The summed E-state index contributed by atoms with van der Waals surface area (Å²) in [5, 5.41) is 0. The fourth-order valence-electron chi connectivity index (χ4n) is 6.42. The van der Waals surface area contributed by atoms with E-state index in [0.717, 1.165) is 11.8 Å². The predicted octanol–water partition coefficient (Wildman–Crippen LogP) is 5.45. The van der Waals surface area contributed by atoms with Crippen LogP contribution in [0.1, 0.15) is 81.1 Å². The van der Waals surface area contributed by atoms with E-state index in [4.69, 9.17) is 9.47 Å². The van der Waals surface area contributed by atoms with Gasteiger partial charge in [0, 0.05) is 0 Å². The molecule has 2 aliphatic heterocycles. The van der Waals surface area contributed by atoms with Crippen LogP contribution < -0.4 is 0 Å². The second-order valence-electron chi connectivity index (χ2n) is 11.9. The zero-order valence-electron chi connectivity index (χ0n) is 17.1. The van der Waals surface area contributed by atoms with E-state index in [1.165, 1.54) is 25.7 Å². The summed E-state index contributed by atoms with van der Waals surface area (Å²) < 4.78 is 12.6. The summed E-state index contributed by atoms with van der Waals surface area (Å²) in [5.41, 5.74) is 0.919. The van der Waals surface area contributed by atoms with Crippen molar-refractivity contribution in [3.8, 4) is 0 Å². The highest BCUT2D eigenvalue weighted by molar-refractivity contribution is 5.17. The fraction of sp³-hybridized carbons (Fsp3) is 1.00. The van der Waals surface area contributed by atoms with Gasteiger partial charge < -0.3 is 9.47 Å². The molecule has 0 N–H and O–H groups in total. The number of fused-ring (bicyclic) bond motifs is 2. The first-order valence-electron chi connectivity index (χ1n) is 10.2. The Morgan fingerprint density at radius 1 is 0.833 bits per heavy atom. The second kappa shape index (κ2) is 4.80. The zero-order chi connectivity index (χ0) is 17.7. The maximum atomic E-state index is 6.39. The minimum atomic E-state index is 0.148. The number of rotatable bonds is 1. The Bertz CT molecular complexity index is 527. The van der Waals surface area contributed by atoms with Crippen molar-refractivity contribution in [3.63, 3.8) is 0 Å². The van der Waals surface area contributed by atoms with Gasteiger partial charge in [0.1, 0.15) is 5.60 Å². The molecule has 4 rings (SSSR count). The normalized spacial score (nSPS) is 54.0. The van der Waals surface area contributed by atoms with Gasteiger partial charge in [0.25, 0.3) is 0 Å². The lowest BCUT2D eigenvalue weighted by atomic mass is 9.58. The highest BCUT2D eigenvalue weighted by Gasteiger charge is 2.69. The van der Waals surface area contributed by atoms with Gasteiger partial charge in [-0.3, -0.25) is 0 Å². The van der Waals surface area contributed by atoms with Crippen LogP contribution in [0.5, 0.6) is 0 Å². The van der Waals surface area contributed by atoms with Gasteiger partial charge in [-0.1, -0.05) is 48.5 Å². The van der Waals surface area contributed by atoms with E-state index in [1.54, 1.807) is 0 Å². The van der Waals surface area contributed by atoms with E-state index in [9.17, 15) is 0 Å². The van der Waals surface area contributed by atoms with Gasteiger partial charge in [-0.15, -0.1) is 0 Å². The van der Waals surface area contributed by atoms with Crippen LogP contribution in [0.3, 0.4) is 0 Å². The van der Waals surface area contributed by atoms with Crippen LogP contribution in [-0.4, -0.2) is 23.4 Å². The maximum absolute atomic E-state index is 6.39. The molecule has 2 nitrogen and oxygen atoms in total. The van der Waals surface area contributed by atoms with Crippen LogP contribution in [0.4, 0.5) is 0 Å². The third kappa shape index (κ3) is 2.42. The molecule has 138 valence electrons. The molecule has 2 saturated heterocycles. The third-order valence-electron chi connectivity index (χ3n) is 8.08. The quantitative estimate of drug-likeness (QED) is 0.596. The highest BCUT2D eigenvalue weighted by Crippen LogP contribution is 2.65. The standard InChI is InChI=1S/C22H38O2/c1-13-9-14(12-22(17(13)24-22)20(5,6)7)15-10-16(19(2,3)4)18-21(8,11-15)23-18/h13-18H,9-12H2,1-8H3. The van der Waals surface area contributed by atoms with E-state index in [0.29, 0.717) is 29.5 Å². The average molecular weight is 335 g/mol. The SMILES string of the molecule is CC1CC(C2CC(C(C)(C)C)C3OC3(C)C2)CC2(C(C)(C)C)OC12. The highest BCUT2D eigenvalue weighted by atomic mass is 16.6. The van der Waals surface area contributed by atoms with Gasteiger partial charge in [-0.2, -0.15) is 0 Å². The van der Waals surface area contributed by atoms with Crippen molar-refractivity contribution in [1.29, 1.82) is 0 Å². The third-order valence-corrected chi connectivity index (χ3v) is 8.08. The smallest absolute Gasteiger partial charge is 0.100 e. The number of ether oxygens (including phenoxy) is 2. The summed E-state index contributed by atoms with van der Waals surface area (Å²) in [6.07, 6.45) is 6.27. The number of hydrogen-bond donors (Lipinski definition) is 0. The second-order valence-corrected chi connectivity index (χ2v) is 11.9. The fourth-order valence-corrected chi connectivity index (χ4v) is 6.42. The van der Waals surface area contributed by atoms with Crippen LogP contribution in [0.15, 0.2) is 0 Å². The van der Waals surface area contributed by atoms with Gasteiger partial charge in [0.15, 0.2) is 0 Å². The zero-order valence-corrected chi connectivity index (χ0v) is 17.1. The largest absolute Gasteiger partial charge is 0.366 e. The molecular formula is C22H38O2. The van der Waals surface area contributed by atoms with E-state index in [-0.39, 0.29) is 16.6 Å². The molecule has 0 bridgehead atoms. The van der Waals surface area contributed by atoms with Crippen molar-refractivity contribution in [2.75, 3.05) is 0 Å². The van der Waals surface area contributed by atoms with Crippen molar-refractivity contribution in [1.82, 2.24) is 0 Å². The minimum absolute atomic E-state index is 0.148. The monoisotopic (exact) mass is 334 g/mol. The number of epoxide rings is 2. The molecule has 2 heteroatoms. The Morgan fingerprint density at radius 3 is 2.04 bits per heavy atom. The summed E-state index contributed by atoms with van der Waals surface area (Å²) in [4.78, 5) is 0. The molecule has 8 atom stereocenters. The van der Waals surface area contributed by atoms with Crippen molar-refractivity contribution in [3.05, 3.63) is 0 Å². The molecule has 2 heterocycles. The lowest BCUT2D eigenvalue weighted by Gasteiger charge is -2.44. The van der Waals surface area contributed by atoms with Crippen LogP contribution >= 0.6 is 0 Å². The first-order valence-corrected chi connectivity index (χ1v) is 10.2. The van der Waals surface area contributed by atoms with Gasteiger partial charge >= 0.3 is 0 Å². The van der Waals surface area contributed by atoms with Crippen LogP contribution in [0.2, 0.25) is 0 Å². The van der Waals surface area contributed by atoms with E-state index in [2.05, 4.69) is 55.4 Å². The molecule has 0 aromatic carbocycles. The Morgan fingerprint density at radius 2 is 1.46 bits per heavy atom. The molecular weight excluding hydrogens is 296 g/mol. The molecule has 4 aliphatic rings. The van der Waals surface area contributed by atoms with Gasteiger partial charge in [-0.05, 0) is 67.1 Å². The molecule has 8 unspecified atom stereocenters. The van der Waals surface area contributed by atoms with E-state index < -0.39 is 0 Å². The Hall–Kier alpha value is -0.0800. The summed E-state index contributed by atoms with van der Waals surface area (Å²) in [6.45, 7) is 19.1. The number of hydrogen-bond acceptors (Lipinski definition) is 2. The molecule has 24 heavy (non-hydrogen) atoms. The summed E-state index contributed by atoms with van der Waals surface area (Å²) >= 11 is 0. The Kier molecular flexibility index (Phi) is 3.46. The van der Waals surface area contributed by atoms with Crippen molar-refractivity contribution >= 4 is 0 Å². The molecule has 0 aromatic heterocycles. The van der Waals surface area contributed by atoms with Crippen LogP contribution in [0.25, 0.3) is 0 Å². The molecule has 0 spiro atoms. The van der Waals surface area contributed by atoms with Gasteiger partial charge in [-0.25, -0.2) is 0 Å². The van der Waals surface area contributed by atoms with Gasteiger partial charge in [0.05, 0.1) is 17.8 Å². The lowest BCUT2D eigenvalue weighted by Crippen LogP contribution is -2.45. The minimum Gasteiger partial charge on any atom is -0.366 e. The molecule has 0 amide bonds. The van der Waals surface area contributed by atoms with Crippen molar-refractivity contribution < 1.29 is 9.47 Å². The van der Waals surface area contributed by atoms with Crippen LogP contribution in [0, 0.1) is 34.5 Å². The van der Waals surface area contributed by atoms with Crippen molar-refractivity contribution in [2.24, 2.45) is 34.5 Å². The first kappa shape index (κ1) is 17.3. The topological polar surface area (TPSA) is 25.1 Å². The first-order chi connectivity index (χ1) is 10.9. The Labute approximate surface area is 149 Å².